The molecule has 2 aromatic carbocycles. The van der Waals surface area contributed by atoms with Crippen molar-refractivity contribution in [2.45, 2.75) is 34.5 Å². The van der Waals surface area contributed by atoms with E-state index >= 15 is 0 Å². The maximum absolute atomic E-state index is 4.70. The second-order valence-corrected chi connectivity index (χ2v) is 9.98. The number of thiazole rings is 1. The second-order valence-electron chi connectivity index (χ2n) is 6.78. The lowest BCUT2D eigenvalue weighted by molar-refractivity contribution is 0.659. The predicted octanol–water partition coefficient (Wildman–Crippen LogP) is 5.68. The molecule has 3 heterocycles. The highest BCUT2D eigenvalue weighted by Gasteiger charge is 2.13. The quantitative estimate of drug-likeness (QED) is 0.275. The van der Waals surface area contributed by atoms with Gasteiger partial charge in [-0.1, -0.05) is 47.8 Å². The molecule has 0 saturated carbocycles. The SMILES string of the molecule is CCn1c(CSc2nc3ccccc3s2)nnc1SCc1ccc(-n2cccn2)cc1. The van der Waals surface area contributed by atoms with Crippen LogP contribution in [0, 0.1) is 0 Å². The zero-order chi connectivity index (χ0) is 21.0. The molecule has 0 aliphatic carbocycles. The van der Waals surface area contributed by atoms with Crippen molar-refractivity contribution in [3.8, 4) is 5.69 Å². The maximum atomic E-state index is 4.70. The van der Waals surface area contributed by atoms with Crippen LogP contribution >= 0.6 is 34.9 Å². The van der Waals surface area contributed by atoms with Gasteiger partial charge in [0.15, 0.2) is 9.50 Å². The van der Waals surface area contributed by atoms with E-state index in [0.29, 0.717) is 0 Å². The minimum Gasteiger partial charge on any atom is -0.306 e. The van der Waals surface area contributed by atoms with E-state index in [1.807, 2.05) is 23.0 Å². The summed E-state index contributed by atoms with van der Waals surface area (Å²) in [7, 11) is 0. The van der Waals surface area contributed by atoms with Crippen LogP contribution in [0.3, 0.4) is 0 Å². The number of para-hydroxylation sites is 1. The summed E-state index contributed by atoms with van der Waals surface area (Å²) in [6.45, 7) is 2.99. The van der Waals surface area contributed by atoms with Gasteiger partial charge in [-0.2, -0.15) is 5.10 Å². The molecule has 0 N–H and O–H groups in total. The Morgan fingerprint density at radius 1 is 0.935 bits per heavy atom. The van der Waals surface area contributed by atoms with Crippen LogP contribution in [-0.2, 0) is 18.1 Å². The van der Waals surface area contributed by atoms with Gasteiger partial charge in [0.1, 0.15) is 5.82 Å². The van der Waals surface area contributed by atoms with Gasteiger partial charge in [0.05, 0.1) is 21.7 Å². The fourth-order valence-corrected chi connectivity index (χ4v) is 6.19. The van der Waals surface area contributed by atoms with Crippen LogP contribution in [0.2, 0.25) is 0 Å². The molecule has 0 fully saturated rings. The molecule has 0 aliphatic heterocycles. The molecule has 9 heteroatoms. The Bertz CT molecular complexity index is 1240. The van der Waals surface area contributed by atoms with Gasteiger partial charge in [0, 0.05) is 24.7 Å². The van der Waals surface area contributed by atoms with Crippen molar-refractivity contribution in [1.82, 2.24) is 29.5 Å². The molecule has 3 aromatic heterocycles. The molecule has 0 unspecified atom stereocenters. The molecule has 0 bridgehead atoms. The first-order valence-corrected chi connectivity index (χ1v) is 12.7. The Balaban J connectivity index is 1.23. The van der Waals surface area contributed by atoms with Crippen LogP contribution in [0.1, 0.15) is 18.3 Å². The van der Waals surface area contributed by atoms with Crippen LogP contribution in [0.5, 0.6) is 0 Å². The topological polar surface area (TPSA) is 61.4 Å². The molecule has 0 amide bonds. The molecule has 0 spiro atoms. The molecular weight excluding hydrogens is 444 g/mol. The van der Waals surface area contributed by atoms with Gasteiger partial charge in [0.2, 0.25) is 0 Å². The Morgan fingerprint density at radius 3 is 2.58 bits per heavy atom. The van der Waals surface area contributed by atoms with Crippen molar-refractivity contribution >= 4 is 45.1 Å². The Kier molecular flexibility index (Phi) is 6.06. The summed E-state index contributed by atoms with van der Waals surface area (Å²) in [5, 5.41) is 14.1. The lowest BCUT2D eigenvalue weighted by atomic mass is 10.2. The molecule has 0 saturated heterocycles. The smallest absolute Gasteiger partial charge is 0.191 e. The Morgan fingerprint density at radius 2 is 1.81 bits per heavy atom. The van der Waals surface area contributed by atoms with Gasteiger partial charge >= 0.3 is 0 Å². The van der Waals surface area contributed by atoms with Crippen molar-refractivity contribution in [3.63, 3.8) is 0 Å². The third-order valence-electron chi connectivity index (χ3n) is 4.78. The fraction of sp³-hybridized carbons (Fsp3) is 0.182. The first-order chi connectivity index (χ1) is 15.3. The molecule has 5 rings (SSSR count). The third kappa shape index (κ3) is 4.53. The van der Waals surface area contributed by atoms with Crippen molar-refractivity contribution < 1.29 is 0 Å². The van der Waals surface area contributed by atoms with E-state index in [4.69, 9.17) is 4.98 Å². The fourth-order valence-electron chi connectivity index (χ4n) is 3.20. The third-order valence-corrected chi connectivity index (χ3v) is 8.00. The predicted molar refractivity (Wildman–Crippen MR) is 128 cm³/mol. The van der Waals surface area contributed by atoms with E-state index in [0.717, 1.165) is 44.6 Å². The van der Waals surface area contributed by atoms with Crippen molar-refractivity contribution in [3.05, 3.63) is 78.4 Å². The van der Waals surface area contributed by atoms with Crippen molar-refractivity contribution in [2.75, 3.05) is 0 Å². The van der Waals surface area contributed by atoms with Gasteiger partial charge in [-0.25, -0.2) is 9.67 Å². The first kappa shape index (κ1) is 20.3. The zero-order valence-corrected chi connectivity index (χ0v) is 19.3. The number of aromatic nitrogens is 6. The highest BCUT2D eigenvalue weighted by molar-refractivity contribution is 8.00. The largest absolute Gasteiger partial charge is 0.306 e. The standard InChI is InChI=1S/C22H20N6S3/c1-2-27-20(15-30-22-24-18-6-3-4-7-19(18)31-22)25-26-21(27)29-14-16-8-10-17(11-9-16)28-13-5-12-23-28/h3-13H,2,14-15H2,1H3. The van der Waals surface area contributed by atoms with E-state index in [2.05, 4.69) is 69.3 Å². The van der Waals surface area contributed by atoms with Gasteiger partial charge in [-0.3, -0.25) is 0 Å². The molecule has 156 valence electrons. The number of hydrogen-bond donors (Lipinski definition) is 0. The van der Waals surface area contributed by atoms with Crippen LogP contribution in [0.25, 0.3) is 15.9 Å². The summed E-state index contributed by atoms with van der Waals surface area (Å²) in [5.74, 6) is 2.60. The summed E-state index contributed by atoms with van der Waals surface area (Å²) in [6, 6.07) is 18.6. The normalized spacial score (nSPS) is 11.4. The van der Waals surface area contributed by atoms with E-state index in [1.165, 1.54) is 10.3 Å². The second kappa shape index (κ2) is 9.25. The van der Waals surface area contributed by atoms with Crippen LogP contribution in [-0.4, -0.2) is 29.5 Å². The summed E-state index contributed by atoms with van der Waals surface area (Å²) in [4.78, 5) is 4.70. The number of nitrogens with zero attached hydrogens (tertiary/aromatic N) is 6. The number of thioether (sulfide) groups is 2. The molecule has 31 heavy (non-hydrogen) atoms. The monoisotopic (exact) mass is 464 g/mol. The van der Waals surface area contributed by atoms with E-state index in [9.17, 15) is 0 Å². The summed E-state index contributed by atoms with van der Waals surface area (Å²) in [6.07, 6.45) is 3.73. The number of fused-ring (bicyclic) bond motifs is 1. The summed E-state index contributed by atoms with van der Waals surface area (Å²) >= 11 is 5.17. The van der Waals surface area contributed by atoms with Gasteiger partial charge in [-0.05, 0) is 42.8 Å². The van der Waals surface area contributed by atoms with Gasteiger partial charge < -0.3 is 4.57 Å². The molecule has 6 nitrogen and oxygen atoms in total. The maximum Gasteiger partial charge on any atom is 0.191 e. The average Bonchev–Trinajstić information content (AvgIpc) is 3.56. The van der Waals surface area contributed by atoms with Crippen LogP contribution < -0.4 is 0 Å². The number of hydrogen-bond acceptors (Lipinski definition) is 7. The molecule has 0 radical (unpaired) electrons. The zero-order valence-electron chi connectivity index (χ0n) is 16.9. The van der Waals surface area contributed by atoms with Crippen molar-refractivity contribution in [2.24, 2.45) is 0 Å². The minimum absolute atomic E-state index is 0.764. The number of rotatable bonds is 8. The van der Waals surface area contributed by atoms with Gasteiger partial charge in [0.25, 0.3) is 0 Å². The van der Waals surface area contributed by atoms with E-state index in [1.54, 1.807) is 41.1 Å². The molecular formula is C22H20N6S3. The Labute approximate surface area is 192 Å². The van der Waals surface area contributed by atoms with Crippen molar-refractivity contribution in [1.29, 1.82) is 0 Å². The highest BCUT2D eigenvalue weighted by Crippen LogP contribution is 2.32. The van der Waals surface area contributed by atoms with Crippen LogP contribution in [0.4, 0.5) is 0 Å². The Hall–Kier alpha value is -2.62. The van der Waals surface area contributed by atoms with E-state index < -0.39 is 0 Å². The average molecular weight is 465 g/mol. The first-order valence-electron chi connectivity index (χ1n) is 9.92. The minimum atomic E-state index is 0.764. The number of benzene rings is 2. The lowest BCUT2D eigenvalue weighted by Crippen LogP contribution is -2.02. The van der Waals surface area contributed by atoms with E-state index in [-0.39, 0.29) is 0 Å². The molecule has 0 aliphatic rings. The molecule has 0 atom stereocenters. The lowest BCUT2D eigenvalue weighted by Gasteiger charge is -2.07. The summed E-state index contributed by atoms with van der Waals surface area (Å²) in [5.41, 5.74) is 3.36. The van der Waals surface area contributed by atoms with Crippen LogP contribution in [0.15, 0.2) is 76.5 Å². The summed E-state index contributed by atoms with van der Waals surface area (Å²) < 4.78 is 6.35. The highest BCUT2D eigenvalue weighted by atomic mass is 32.2. The van der Waals surface area contributed by atoms with Gasteiger partial charge in [-0.15, -0.1) is 21.5 Å². The molecule has 5 aromatic rings.